The van der Waals surface area contributed by atoms with Gasteiger partial charge in [-0.25, -0.2) is 0 Å². The van der Waals surface area contributed by atoms with E-state index in [9.17, 15) is 0 Å². The molecule has 17 heavy (non-hydrogen) atoms. The second-order valence-electron chi connectivity index (χ2n) is 3.55. The zero-order valence-corrected chi connectivity index (χ0v) is 11.3. The maximum absolute atomic E-state index is 6.14. The lowest BCUT2D eigenvalue weighted by Crippen LogP contribution is -2.12. The van der Waals surface area contributed by atoms with Gasteiger partial charge in [0, 0.05) is 10.0 Å². The summed E-state index contributed by atoms with van der Waals surface area (Å²) in [4.78, 5) is 0. The van der Waals surface area contributed by atoms with Crippen LogP contribution in [0.4, 0.5) is 0 Å². The van der Waals surface area contributed by atoms with Gasteiger partial charge in [-0.05, 0) is 29.3 Å². The molecule has 1 atom stereocenters. The summed E-state index contributed by atoms with van der Waals surface area (Å²) < 4.78 is 0. The third-order valence-electron chi connectivity index (χ3n) is 2.47. The summed E-state index contributed by atoms with van der Waals surface area (Å²) in [5.74, 6) is 0. The van der Waals surface area contributed by atoms with Gasteiger partial charge in [0.2, 0.25) is 0 Å². The summed E-state index contributed by atoms with van der Waals surface area (Å²) in [6, 6.07) is 14.9. The molecule has 90 valence electrons. The van der Waals surface area contributed by atoms with Gasteiger partial charge in [-0.15, -0.1) is 12.4 Å². The summed E-state index contributed by atoms with van der Waals surface area (Å²) >= 11 is 11.9. The van der Waals surface area contributed by atoms with Crippen molar-refractivity contribution >= 4 is 35.6 Å². The summed E-state index contributed by atoms with van der Waals surface area (Å²) in [5.41, 5.74) is 8.06. The third kappa shape index (κ3) is 3.36. The zero-order chi connectivity index (χ0) is 11.5. The molecule has 0 radical (unpaired) electrons. The van der Waals surface area contributed by atoms with Crippen molar-refractivity contribution in [2.45, 2.75) is 6.04 Å². The Labute approximate surface area is 117 Å². The average Bonchev–Trinajstić information content (AvgIpc) is 2.30. The van der Waals surface area contributed by atoms with Gasteiger partial charge in [0.25, 0.3) is 0 Å². The molecule has 0 amide bonds. The van der Waals surface area contributed by atoms with Gasteiger partial charge in [-0.2, -0.15) is 0 Å². The number of benzene rings is 2. The van der Waals surface area contributed by atoms with E-state index in [2.05, 4.69) is 0 Å². The molecule has 1 unspecified atom stereocenters. The van der Waals surface area contributed by atoms with Crippen LogP contribution < -0.4 is 5.73 Å². The van der Waals surface area contributed by atoms with Crippen LogP contribution in [-0.4, -0.2) is 0 Å². The molecule has 0 saturated carbocycles. The Morgan fingerprint density at radius 3 is 2.06 bits per heavy atom. The van der Waals surface area contributed by atoms with E-state index in [-0.39, 0.29) is 18.4 Å². The molecule has 0 aliphatic rings. The first-order chi connectivity index (χ1) is 7.68. The molecule has 2 N–H and O–H groups in total. The highest BCUT2D eigenvalue weighted by molar-refractivity contribution is 6.31. The molecule has 0 aliphatic heterocycles. The van der Waals surface area contributed by atoms with Gasteiger partial charge in [-0.1, -0.05) is 53.5 Å². The number of rotatable bonds is 2. The second kappa shape index (κ2) is 6.27. The fourth-order valence-electron chi connectivity index (χ4n) is 1.58. The zero-order valence-electron chi connectivity index (χ0n) is 8.94. The molecule has 0 fully saturated rings. The molecule has 1 nitrogen and oxygen atoms in total. The third-order valence-corrected chi connectivity index (χ3v) is 3.07. The van der Waals surface area contributed by atoms with E-state index >= 15 is 0 Å². The molecule has 0 heterocycles. The fourth-order valence-corrected chi connectivity index (χ4v) is 1.96. The highest BCUT2D eigenvalue weighted by Gasteiger charge is 2.11. The molecule has 0 spiro atoms. The van der Waals surface area contributed by atoms with Crippen LogP contribution >= 0.6 is 35.6 Å². The lowest BCUT2D eigenvalue weighted by atomic mass is 10.00. The minimum Gasteiger partial charge on any atom is -0.320 e. The lowest BCUT2D eigenvalue weighted by Gasteiger charge is -2.14. The van der Waals surface area contributed by atoms with E-state index < -0.39 is 0 Å². The van der Waals surface area contributed by atoms with Crippen LogP contribution in [0, 0.1) is 0 Å². The van der Waals surface area contributed by atoms with Crippen LogP contribution in [0.25, 0.3) is 0 Å². The minimum absolute atomic E-state index is 0. The fraction of sp³-hybridized carbons (Fsp3) is 0.0769. The molecule has 2 aromatic rings. The molecule has 0 saturated heterocycles. The Balaban J connectivity index is 0.00000144. The van der Waals surface area contributed by atoms with Gasteiger partial charge in [0.15, 0.2) is 0 Å². The van der Waals surface area contributed by atoms with Gasteiger partial charge in [-0.3, -0.25) is 0 Å². The average molecular weight is 289 g/mol. The normalized spacial score (nSPS) is 11.7. The predicted octanol–water partition coefficient (Wildman–Crippen LogP) is 4.46. The smallest absolute Gasteiger partial charge is 0.0566 e. The number of hydrogen-bond acceptors (Lipinski definition) is 1. The van der Waals surface area contributed by atoms with Crippen molar-refractivity contribution in [1.82, 2.24) is 0 Å². The molecular weight excluding hydrogens is 277 g/mol. The summed E-state index contributed by atoms with van der Waals surface area (Å²) in [5, 5.41) is 1.39. The number of nitrogens with two attached hydrogens (primary N) is 1. The maximum atomic E-state index is 6.14. The van der Waals surface area contributed by atoms with Crippen LogP contribution in [0.5, 0.6) is 0 Å². The highest BCUT2D eigenvalue weighted by Crippen LogP contribution is 2.26. The standard InChI is InChI=1S/C13H11Cl2N.ClH/c14-10-7-5-9(6-8-10)13(16)11-3-1-2-4-12(11)15;/h1-8,13H,16H2;1H. The van der Waals surface area contributed by atoms with E-state index in [1.807, 2.05) is 48.5 Å². The topological polar surface area (TPSA) is 26.0 Å². The first-order valence-electron chi connectivity index (χ1n) is 4.94. The summed E-state index contributed by atoms with van der Waals surface area (Å²) in [6.45, 7) is 0. The van der Waals surface area contributed by atoms with Gasteiger partial charge in [0.1, 0.15) is 0 Å². The summed E-state index contributed by atoms with van der Waals surface area (Å²) in [7, 11) is 0. The van der Waals surface area contributed by atoms with Crippen LogP contribution in [0.15, 0.2) is 48.5 Å². The van der Waals surface area contributed by atoms with E-state index in [0.717, 1.165) is 11.1 Å². The van der Waals surface area contributed by atoms with Crippen molar-refractivity contribution in [1.29, 1.82) is 0 Å². The Hall–Kier alpha value is -0.730. The lowest BCUT2D eigenvalue weighted by molar-refractivity contribution is 0.872. The van der Waals surface area contributed by atoms with Crippen molar-refractivity contribution in [2.24, 2.45) is 5.73 Å². The van der Waals surface area contributed by atoms with E-state index in [1.165, 1.54) is 0 Å². The largest absolute Gasteiger partial charge is 0.320 e. The van der Waals surface area contributed by atoms with Crippen LogP contribution in [0.3, 0.4) is 0 Å². The van der Waals surface area contributed by atoms with E-state index in [1.54, 1.807) is 0 Å². The Bertz CT molecular complexity index is 482. The van der Waals surface area contributed by atoms with Crippen molar-refractivity contribution < 1.29 is 0 Å². The second-order valence-corrected chi connectivity index (χ2v) is 4.39. The Morgan fingerprint density at radius 2 is 1.47 bits per heavy atom. The molecule has 0 aliphatic carbocycles. The Morgan fingerprint density at radius 1 is 0.882 bits per heavy atom. The van der Waals surface area contributed by atoms with Crippen molar-refractivity contribution in [3.05, 3.63) is 69.7 Å². The molecule has 4 heteroatoms. The van der Waals surface area contributed by atoms with Crippen molar-refractivity contribution in [2.75, 3.05) is 0 Å². The molecule has 2 aromatic carbocycles. The van der Waals surface area contributed by atoms with Gasteiger partial charge >= 0.3 is 0 Å². The maximum Gasteiger partial charge on any atom is 0.0566 e. The number of halogens is 3. The molecular formula is C13H12Cl3N. The monoisotopic (exact) mass is 287 g/mol. The molecule has 0 bridgehead atoms. The van der Waals surface area contributed by atoms with Crippen molar-refractivity contribution in [3.8, 4) is 0 Å². The Kier molecular flexibility index (Phi) is 5.29. The van der Waals surface area contributed by atoms with E-state index in [0.29, 0.717) is 10.0 Å². The summed E-state index contributed by atoms with van der Waals surface area (Å²) in [6.07, 6.45) is 0. The van der Waals surface area contributed by atoms with Crippen LogP contribution in [0.2, 0.25) is 10.0 Å². The molecule has 2 rings (SSSR count). The van der Waals surface area contributed by atoms with Gasteiger partial charge in [0.05, 0.1) is 6.04 Å². The number of hydrogen-bond donors (Lipinski definition) is 1. The minimum atomic E-state index is -0.217. The predicted molar refractivity (Wildman–Crippen MR) is 76.2 cm³/mol. The first kappa shape index (κ1) is 14.3. The van der Waals surface area contributed by atoms with Crippen molar-refractivity contribution in [3.63, 3.8) is 0 Å². The van der Waals surface area contributed by atoms with E-state index in [4.69, 9.17) is 28.9 Å². The van der Waals surface area contributed by atoms with Crippen LogP contribution in [0.1, 0.15) is 17.2 Å². The SMILES string of the molecule is Cl.NC(c1ccc(Cl)cc1)c1ccccc1Cl. The van der Waals surface area contributed by atoms with Gasteiger partial charge < -0.3 is 5.73 Å². The first-order valence-corrected chi connectivity index (χ1v) is 5.69. The highest BCUT2D eigenvalue weighted by atomic mass is 35.5. The molecule has 0 aromatic heterocycles. The quantitative estimate of drug-likeness (QED) is 0.867. The van der Waals surface area contributed by atoms with Crippen LogP contribution in [-0.2, 0) is 0 Å².